The Kier molecular flexibility index (Phi) is 9.88. The lowest BCUT2D eigenvalue weighted by atomic mass is 10.2. The molecule has 0 bridgehead atoms. The van der Waals surface area contributed by atoms with E-state index in [1.807, 2.05) is 0 Å². The van der Waals surface area contributed by atoms with Crippen molar-refractivity contribution in [1.29, 1.82) is 0 Å². The Morgan fingerprint density at radius 2 is 1.79 bits per heavy atom. The number of hydrogen-bond acceptors (Lipinski definition) is 6. The van der Waals surface area contributed by atoms with Crippen molar-refractivity contribution in [3.63, 3.8) is 0 Å². The molecule has 1 aromatic rings. The molecule has 1 rings (SSSR count). The van der Waals surface area contributed by atoms with Gasteiger partial charge in [0.05, 0.1) is 28.7 Å². The van der Waals surface area contributed by atoms with Gasteiger partial charge >= 0.3 is 5.97 Å². The number of carbonyl (C=O) groups excluding carboxylic acids is 2. The summed E-state index contributed by atoms with van der Waals surface area (Å²) in [7, 11) is -2.29. The number of sulfonamides is 1. The van der Waals surface area contributed by atoms with Gasteiger partial charge in [0, 0.05) is 26.7 Å². The number of rotatable bonds is 11. The number of benzene rings is 1. The molecule has 0 spiro atoms. The fourth-order valence-electron chi connectivity index (χ4n) is 2.53. The number of ether oxygens (including phenoxy) is 2. The average molecular weight is 435 g/mol. The molecule has 0 radical (unpaired) electrons. The van der Waals surface area contributed by atoms with E-state index in [1.54, 1.807) is 20.8 Å². The highest BCUT2D eigenvalue weighted by Gasteiger charge is 2.26. The van der Waals surface area contributed by atoms with Gasteiger partial charge in [0.2, 0.25) is 10.0 Å². The number of hydrogen-bond donors (Lipinski definition) is 0. The van der Waals surface area contributed by atoms with E-state index in [0.29, 0.717) is 13.1 Å². The van der Waals surface area contributed by atoms with Gasteiger partial charge in [0.15, 0.2) is 0 Å². The molecule has 158 valence electrons. The van der Waals surface area contributed by atoms with Gasteiger partial charge in [-0.05, 0) is 25.1 Å². The Balaban J connectivity index is 3.27. The zero-order valence-corrected chi connectivity index (χ0v) is 18.2. The lowest BCUT2D eigenvalue weighted by Gasteiger charge is -2.23. The summed E-state index contributed by atoms with van der Waals surface area (Å²) >= 11 is 6.16. The molecule has 28 heavy (non-hydrogen) atoms. The minimum absolute atomic E-state index is 0.00435. The minimum Gasteiger partial charge on any atom is -0.465 e. The van der Waals surface area contributed by atoms with Crippen molar-refractivity contribution in [1.82, 2.24) is 9.21 Å². The number of halogens is 1. The monoisotopic (exact) mass is 434 g/mol. The van der Waals surface area contributed by atoms with Gasteiger partial charge in [0.25, 0.3) is 5.91 Å². The van der Waals surface area contributed by atoms with Gasteiger partial charge in [-0.3, -0.25) is 9.59 Å². The van der Waals surface area contributed by atoms with Gasteiger partial charge in [-0.15, -0.1) is 0 Å². The van der Waals surface area contributed by atoms with E-state index in [4.69, 9.17) is 21.1 Å². The Bertz CT molecular complexity index is 780. The van der Waals surface area contributed by atoms with Gasteiger partial charge in [0.1, 0.15) is 6.54 Å². The normalized spacial score (nSPS) is 11.5. The minimum atomic E-state index is -3.76. The molecule has 0 aliphatic rings. The largest absolute Gasteiger partial charge is 0.465 e. The molecule has 10 heteroatoms. The highest BCUT2D eigenvalue weighted by molar-refractivity contribution is 7.89. The van der Waals surface area contributed by atoms with Crippen molar-refractivity contribution >= 4 is 33.5 Å². The van der Waals surface area contributed by atoms with Crippen molar-refractivity contribution in [3.8, 4) is 0 Å². The van der Waals surface area contributed by atoms with Crippen LogP contribution >= 0.6 is 11.6 Å². The van der Waals surface area contributed by atoms with Crippen molar-refractivity contribution in [3.05, 3.63) is 28.8 Å². The fourth-order valence-corrected chi connectivity index (χ4v) is 4.21. The average Bonchev–Trinajstić information content (AvgIpc) is 2.65. The van der Waals surface area contributed by atoms with Crippen LogP contribution in [0.4, 0.5) is 0 Å². The van der Waals surface area contributed by atoms with Crippen LogP contribution < -0.4 is 0 Å². The molecule has 1 amide bonds. The molecule has 0 aliphatic heterocycles. The van der Waals surface area contributed by atoms with Crippen LogP contribution in [0.3, 0.4) is 0 Å². The zero-order chi connectivity index (χ0) is 21.3. The second-order valence-electron chi connectivity index (χ2n) is 5.76. The standard InChI is InChI=1S/C18H27ClN2O6S/c1-5-21(6-2)28(24,25)14-8-9-16(19)15(12-14)18(23)20(10-11-26-4)13-17(22)27-7-3/h8-9,12H,5-7,10-11,13H2,1-4H3. The second-order valence-corrected chi connectivity index (χ2v) is 8.10. The first kappa shape index (κ1) is 24.4. The summed E-state index contributed by atoms with van der Waals surface area (Å²) in [5, 5.41) is 0.0924. The van der Waals surface area contributed by atoms with Crippen LogP contribution in [0, 0.1) is 0 Å². The number of carbonyl (C=O) groups is 2. The Hall–Kier alpha value is -1.68. The number of esters is 1. The highest BCUT2D eigenvalue weighted by atomic mass is 35.5. The third-order valence-electron chi connectivity index (χ3n) is 3.99. The van der Waals surface area contributed by atoms with Gasteiger partial charge < -0.3 is 14.4 Å². The van der Waals surface area contributed by atoms with Crippen LogP contribution in [0.1, 0.15) is 31.1 Å². The van der Waals surface area contributed by atoms with Crippen LogP contribution in [0.2, 0.25) is 5.02 Å². The molecule has 1 aromatic carbocycles. The van der Waals surface area contributed by atoms with Gasteiger partial charge in [-0.1, -0.05) is 25.4 Å². The Morgan fingerprint density at radius 3 is 2.32 bits per heavy atom. The van der Waals surface area contributed by atoms with Gasteiger partial charge in [-0.25, -0.2) is 8.42 Å². The second kappa shape index (κ2) is 11.4. The molecule has 8 nitrogen and oxygen atoms in total. The predicted octanol–water partition coefficient (Wildman–Crippen LogP) is 2.02. The fraction of sp³-hybridized carbons (Fsp3) is 0.556. The van der Waals surface area contributed by atoms with E-state index in [0.717, 1.165) is 0 Å². The summed E-state index contributed by atoms with van der Waals surface area (Å²) in [5.41, 5.74) is -0.00435. The van der Waals surface area contributed by atoms with Gasteiger partial charge in [-0.2, -0.15) is 4.31 Å². The van der Waals surface area contributed by atoms with Crippen molar-refractivity contribution in [2.45, 2.75) is 25.7 Å². The van der Waals surface area contributed by atoms with Crippen LogP contribution in [0.5, 0.6) is 0 Å². The first-order valence-corrected chi connectivity index (χ1v) is 10.8. The third kappa shape index (κ3) is 6.16. The summed E-state index contributed by atoms with van der Waals surface area (Å²) < 4.78 is 36.7. The molecule has 0 saturated heterocycles. The first-order valence-electron chi connectivity index (χ1n) is 8.96. The maximum Gasteiger partial charge on any atom is 0.325 e. The first-order chi connectivity index (χ1) is 13.2. The molecule has 0 unspecified atom stereocenters. The van der Waals surface area contributed by atoms with E-state index >= 15 is 0 Å². The molecular weight excluding hydrogens is 408 g/mol. The lowest BCUT2D eigenvalue weighted by Crippen LogP contribution is -2.39. The SMILES string of the molecule is CCOC(=O)CN(CCOC)C(=O)c1cc(S(=O)(=O)N(CC)CC)ccc1Cl. The molecule has 0 N–H and O–H groups in total. The molecule has 0 aromatic heterocycles. The lowest BCUT2D eigenvalue weighted by molar-refractivity contribution is -0.143. The van der Waals surface area contributed by atoms with Crippen LogP contribution in [-0.2, 0) is 24.3 Å². The highest BCUT2D eigenvalue weighted by Crippen LogP contribution is 2.24. The van der Waals surface area contributed by atoms with Crippen LogP contribution in [0.25, 0.3) is 0 Å². The predicted molar refractivity (Wildman–Crippen MR) is 106 cm³/mol. The molecule has 0 saturated carbocycles. The summed E-state index contributed by atoms with van der Waals surface area (Å²) in [4.78, 5) is 26.0. The molecule has 0 atom stereocenters. The third-order valence-corrected chi connectivity index (χ3v) is 6.36. The quantitative estimate of drug-likeness (QED) is 0.494. The maximum absolute atomic E-state index is 13.0. The van der Waals surface area contributed by atoms with Crippen LogP contribution in [-0.4, -0.2) is 76.0 Å². The van der Waals surface area contributed by atoms with E-state index in [-0.39, 0.29) is 41.8 Å². The summed E-state index contributed by atoms with van der Waals surface area (Å²) in [6.07, 6.45) is 0. The molecular formula is C18H27ClN2O6S. The Morgan fingerprint density at radius 1 is 1.14 bits per heavy atom. The number of methoxy groups -OCH3 is 1. The number of nitrogens with zero attached hydrogens (tertiary/aromatic N) is 2. The number of amides is 1. The van der Waals surface area contributed by atoms with Crippen molar-refractivity contribution in [2.24, 2.45) is 0 Å². The summed E-state index contributed by atoms with van der Waals surface area (Å²) in [5.74, 6) is -1.15. The maximum atomic E-state index is 13.0. The van der Waals surface area contributed by atoms with Crippen LogP contribution in [0.15, 0.2) is 23.1 Å². The summed E-state index contributed by atoms with van der Waals surface area (Å²) in [6, 6.07) is 3.96. The summed E-state index contributed by atoms with van der Waals surface area (Å²) in [6.45, 7) is 5.93. The zero-order valence-electron chi connectivity index (χ0n) is 16.6. The molecule has 0 fully saturated rings. The van der Waals surface area contributed by atoms with E-state index in [1.165, 1.54) is 34.5 Å². The Labute approximate surface area is 171 Å². The molecule has 0 aliphatic carbocycles. The molecule has 0 heterocycles. The van der Waals surface area contributed by atoms with E-state index in [2.05, 4.69) is 0 Å². The smallest absolute Gasteiger partial charge is 0.325 e. The van der Waals surface area contributed by atoms with E-state index < -0.39 is 21.9 Å². The topological polar surface area (TPSA) is 93.2 Å². The van der Waals surface area contributed by atoms with E-state index in [9.17, 15) is 18.0 Å². The van der Waals surface area contributed by atoms with Crippen molar-refractivity contribution < 1.29 is 27.5 Å². The van der Waals surface area contributed by atoms with Crippen molar-refractivity contribution in [2.75, 3.05) is 46.5 Å².